The summed E-state index contributed by atoms with van der Waals surface area (Å²) in [6.07, 6.45) is 0.961. The average molecular weight is 410 g/mol. The van der Waals surface area contributed by atoms with Gasteiger partial charge in [0.2, 0.25) is 0 Å². The van der Waals surface area contributed by atoms with Crippen molar-refractivity contribution in [1.82, 2.24) is 20.4 Å². The molecule has 0 aliphatic carbocycles. The Labute approximate surface area is 180 Å². The lowest BCUT2D eigenvalue weighted by atomic mass is 10.1. The Kier molecular flexibility index (Phi) is 8.53. The number of anilines is 1. The van der Waals surface area contributed by atoms with Crippen LogP contribution in [0.25, 0.3) is 0 Å². The maximum atomic E-state index is 12.4. The molecule has 162 valence electrons. The number of hydrogen-bond donors (Lipinski definition) is 2. The maximum absolute atomic E-state index is 12.4. The summed E-state index contributed by atoms with van der Waals surface area (Å²) in [5, 5.41) is 6.14. The van der Waals surface area contributed by atoms with Crippen LogP contribution in [0.15, 0.2) is 60.7 Å². The molecule has 6 nitrogen and oxygen atoms in total. The van der Waals surface area contributed by atoms with E-state index >= 15 is 0 Å². The van der Waals surface area contributed by atoms with Crippen LogP contribution >= 0.6 is 0 Å². The zero-order valence-corrected chi connectivity index (χ0v) is 18.3. The molecule has 2 aromatic carbocycles. The summed E-state index contributed by atoms with van der Waals surface area (Å²) in [7, 11) is 4.04. The van der Waals surface area contributed by atoms with Gasteiger partial charge < -0.3 is 20.4 Å². The van der Waals surface area contributed by atoms with Gasteiger partial charge in [-0.15, -0.1) is 0 Å². The molecule has 3 rings (SSSR count). The molecule has 1 saturated heterocycles. The van der Waals surface area contributed by atoms with Crippen LogP contribution in [0.2, 0.25) is 0 Å². The van der Waals surface area contributed by atoms with Crippen molar-refractivity contribution in [2.24, 2.45) is 0 Å². The number of nitrogens with zero attached hydrogens (tertiary/aromatic N) is 3. The molecule has 2 amide bonds. The summed E-state index contributed by atoms with van der Waals surface area (Å²) >= 11 is 0. The summed E-state index contributed by atoms with van der Waals surface area (Å²) < 4.78 is 0. The molecule has 2 aromatic rings. The van der Waals surface area contributed by atoms with Crippen molar-refractivity contribution in [3.63, 3.8) is 0 Å². The molecule has 1 fully saturated rings. The van der Waals surface area contributed by atoms with Gasteiger partial charge in [0.1, 0.15) is 0 Å². The largest absolute Gasteiger partial charge is 0.369 e. The number of piperazine rings is 1. The number of rotatable bonds is 9. The van der Waals surface area contributed by atoms with Crippen molar-refractivity contribution in [2.75, 3.05) is 64.8 Å². The first-order chi connectivity index (χ1) is 14.6. The van der Waals surface area contributed by atoms with Gasteiger partial charge in [0.25, 0.3) is 0 Å². The first-order valence-electron chi connectivity index (χ1n) is 10.9. The molecule has 0 aromatic heterocycles. The molecule has 6 heteroatoms. The quantitative estimate of drug-likeness (QED) is 0.626. The van der Waals surface area contributed by atoms with E-state index < -0.39 is 0 Å². The van der Waals surface area contributed by atoms with Crippen molar-refractivity contribution in [3.05, 3.63) is 66.2 Å². The number of likely N-dealkylation sites (N-methyl/N-ethyl adjacent to an activating group) is 1. The number of urea groups is 1. The lowest BCUT2D eigenvalue weighted by Crippen LogP contribution is -2.47. The Balaban J connectivity index is 1.34. The van der Waals surface area contributed by atoms with Crippen molar-refractivity contribution >= 4 is 11.7 Å². The summed E-state index contributed by atoms with van der Waals surface area (Å²) in [4.78, 5) is 19.4. The minimum Gasteiger partial charge on any atom is -0.369 e. The zero-order valence-electron chi connectivity index (χ0n) is 18.3. The van der Waals surface area contributed by atoms with Gasteiger partial charge in [-0.2, -0.15) is 0 Å². The Morgan fingerprint density at radius 1 is 0.967 bits per heavy atom. The van der Waals surface area contributed by atoms with Crippen LogP contribution in [0.5, 0.6) is 0 Å². The molecule has 1 aliphatic heterocycles. The molecular formula is C24H35N5O. The minimum atomic E-state index is -0.0976. The third-order valence-corrected chi connectivity index (χ3v) is 5.49. The van der Waals surface area contributed by atoms with Crippen molar-refractivity contribution in [1.29, 1.82) is 0 Å². The van der Waals surface area contributed by atoms with Crippen LogP contribution in [-0.4, -0.2) is 75.7 Å². The molecule has 1 atom stereocenters. The van der Waals surface area contributed by atoms with E-state index in [-0.39, 0.29) is 12.1 Å². The van der Waals surface area contributed by atoms with Crippen LogP contribution in [0.1, 0.15) is 18.0 Å². The molecule has 0 bridgehead atoms. The second-order valence-corrected chi connectivity index (χ2v) is 8.14. The Morgan fingerprint density at radius 2 is 1.60 bits per heavy atom. The predicted octanol–water partition coefficient (Wildman–Crippen LogP) is 2.80. The lowest BCUT2D eigenvalue weighted by molar-refractivity contribution is 0.229. The average Bonchev–Trinajstić information content (AvgIpc) is 2.78. The van der Waals surface area contributed by atoms with Crippen LogP contribution < -0.4 is 15.5 Å². The first-order valence-corrected chi connectivity index (χ1v) is 10.9. The van der Waals surface area contributed by atoms with Gasteiger partial charge in [0.05, 0.1) is 6.04 Å². The lowest BCUT2D eigenvalue weighted by Gasteiger charge is -2.36. The van der Waals surface area contributed by atoms with Crippen molar-refractivity contribution in [3.8, 4) is 0 Å². The van der Waals surface area contributed by atoms with Gasteiger partial charge in [0, 0.05) is 45.0 Å². The third kappa shape index (κ3) is 7.04. The van der Waals surface area contributed by atoms with Gasteiger partial charge in [0.15, 0.2) is 0 Å². The third-order valence-electron chi connectivity index (χ3n) is 5.49. The SMILES string of the molecule is CN(C)CC(NC(=O)NCCCN1CCN(c2ccccc2)CC1)c1ccccc1. The predicted molar refractivity (Wildman–Crippen MR) is 124 cm³/mol. The van der Waals surface area contributed by atoms with Crippen molar-refractivity contribution in [2.45, 2.75) is 12.5 Å². The topological polar surface area (TPSA) is 50.9 Å². The molecule has 0 radical (unpaired) electrons. The van der Waals surface area contributed by atoms with Crippen LogP contribution in [0, 0.1) is 0 Å². The van der Waals surface area contributed by atoms with Gasteiger partial charge >= 0.3 is 6.03 Å². The highest BCUT2D eigenvalue weighted by Crippen LogP contribution is 2.15. The van der Waals surface area contributed by atoms with E-state index in [1.165, 1.54) is 5.69 Å². The molecule has 1 unspecified atom stereocenters. The normalized spacial score (nSPS) is 15.8. The summed E-state index contributed by atoms with van der Waals surface area (Å²) in [6.45, 7) is 6.72. The van der Waals surface area contributed by atoms with E-state index in [9.17, 15) is 4.79 Å². The fourth-order valence-electron chi connectivity index (χ4n) is 3.87. The van der Waals surface area contributed by atoms with Gasteiger partial charge in [-0.1, -0.05) is 48.5 Å². The first kappa shape index (κ1) is 22.1. The van der Waals surface area contributed by atoms with E-state index in [4.69, 9.17) is 0 Å². The Bertz CT molecular complexity index is 745. The number of carbonyl (C=O) groups excluding carboxylic acids is 1. The van der Waals surface area contributed by atoms with E-state index in [1.54, 1.807) is 0 Å². The van der Waals surface area contributed by atoms with Crippen LogP contribution in [0.3, 0.4) is 0 Å². The van der Waals surface area contributed by atoms with Gasteiger partial charge in [-0.3, -0.25) is 4.90 Å². The number of benzene rings is 2. The Hall–Kier alpha value is -2.57. The molecule has 0 saturated carbocycles. The van der Waals surface area contributed by atoms with Crippen LogP contribution in [0.4, 0.5) is 10.5 Å². The highest BCUT2D eigenvalue weighted by atomic mass is 16.2. The van der Waals surface area contributed by atoms with Crippen LogP contribution in [-0.2, 0) is 0 Å². The second-order valence-electron chi connectivity index (χ2n) is 8.14. The fourth-order valence-corrected chi connectivity index (χ4v) is 3.87. The monoisotopic (exact) mass is 409 g/mol. The number of nitrogens with one attached hydrogen (secondary N) is 2. The summed E-state index contributed by atoms with van der Waals surface area (Å²) in [6, 6.07) is 20.6. The molecule has 1 aliphatic rings. The number of amides is 2. The van der Waals surface area contributed by atoms with E-state index in [0.717, 1.165) is 51.3 Å². The number of hydrogen-bond acceptors (Lipinski definition) is 4. The van der Waals surface area contributed by atoms with Gasteiger partial charge in [-0.05, 0) is 44.8 Å². The molecule has 1 heterocycles. The van der Waals surface area contributed by atoms with Gasteiger partial charge in [-0.25, -0.2) is 4.79 Å². The molecular weight excluding hydrogens is 374 g/mol. The highest BCUT2D eigenvalue weighted by Gasteiger charge is 2.17. The Morgan fingerprint density at radius 3 is 2.23 bits per heavy atom. The highest BCUT2D eigenvalue weighted by molar-refractivity contribution is 5.74. The van der Waals surface area contributed by atoms with E-state index in [0.29, 0.717) is 6.54 Å². The van der Waals surface area contributed by atoms with Crippen molar-refractivity contribution < 1.29 is 4.79 Å². The fraction of sp³-hybridized carbons (Fsp3) is 0.458. The second kappa shape index (κ2) is 11.6. The summed E-state index contributed by atoms with van der Waals surface area (Å²) in [5.41, 5.74) is 2.43. The zero-order chi connectivity index (χ0) is 21.2. The molecule has 30 heavy (non-hydrogen) atoms. The number of carbonyl (C=O) groups is 1. The smallest absolute Gasteiger partial charge is 0.315 e. The number of para-hydroxylation sites is 1. The standard InChI is InChI=1S/C24H35N5O/c1-27(2)20-23(21-10-5-3-6-11-21)26-24(30)25-14-9-15-28-16-18-29(19-17-28)22-12-7-4-8-13-22/h3-8,10-13,23H,9,14-20H2,1-2H3,(H2,25,26,30). The van der Waals surface area contributed by atoms with E-state index in [2.05, 4.69) is 67.8 Å². The molecule has 0 spiro atoms. The molecule has 2 N–H and O–H groups in total. The summed E-state index contributed by atoms with van der Waals surface area (Å²) in [5.74, 6) is 0. The maximum Gasteiger partial charge on any atom is 0.315 e. The minimum absolute atomic E-state index is 0.0211. The van der Waals surface area contributed by atoms with E-state index in [1.807, 2.05) is 32.3 Å².